The van der Waals surface area contributed by atoms with Crippen molar-refractivity contribution in [2.75, 3.05) is 11.6 Å². The molecule has 0 saturated heterocycles. The molecular formula is C9H9BrClN. The molecule has 0 amide bonds. The summed E-state index contributed by atoms with van der Waals surface area (Å²) in [4.78, 5) is 0. The van der Waals surface area contributed by atoms with Crippen molar-refractivity contribution >= 4 is 39.3 Å². The fraction of sp³-hybridized carbons (Fsp3) is 0.111. The van der Waals surface area contributed by atoms with Crippen molar-refractivity contribution in [3.05, 3.63) is 34.3 Å². The van der Waals surface area contributed by atoms with E-state index in [0.717, 1.165) is 15.7 Å². The van der Waals surface area contributed by atoms with E-state index in [9.17, 15) is 0 Å². The van der Waals surface area contributed by atoms with Crippen LogP contribution < -0.4 is 5.73 Å². The molecule has 1 nitrogen and oxygen atoms in total. The van der Waals surface area contributed by atoms with Crippen LogP contribution in [0.4, 0.5) is 5.69 Å². The molecule has 0 unspecified atom stereocenters. The lowest BCUT2D eigenvalue weighted by Crippen LogP contribution is -1.88. The Morgan fingerprint density at radius 2 is 2.25 bits per heavy atom. The van der Waals surface area contributed by atoms with Gasteiger partial charge in [-0.2, -0.15) is 0 Å². The zero-order valence-electron chi connectivity index (χ0n) is 6.43. The Morgan fingerprint density at radius 3 is 2.83 bits per heavy atom. The van der Waals surface area contributed by atoms with Crippen LogP contribution in [0, 0.1) is 0 Å². The number of hydrogen-bond acceptors (Lipinski definition) is 1. The van der Waals surface area contributed by atoms with E-state index in [4.69, 9.17) is 17.3 Å². The molecule has 0 bridgehead atoms. The lowest BCUT2D eigenvalue weighted by Gasteiger charge is -1.99. The Morgan fingerprint density at radius 1 is 1.50 bits per heavy atom. The van der Waals surface area contributed by atoms with Crippen LogP contribution >= 0.6 is 27.5 Å². The molecule has 0 spiro atoms. The first-order valence-corrected chi connectivity index (χ1v) is 4.84. The summed E-state index contributed by atoms with van der Waals surface area (Å²) >= 11 is 8.83. The van der Waals surface area contributed by atoms with Gasteiger partial charge in [-0.1, -0.05) is 34.1 Å². The van der Waals surface area contributed by atoms with Crippen LogP contribution in [-0.4, -0.2) is 5.88 Å². The molecule has 0 heterocycles. The molecule has 1 aromatic rings. The first-order valence-electron chi connectivity index (χ1n) is 3.51. The van der Waals surface area contributed by atoms with Gasteiger partial charge in [0.25, 0.3) is 0 Å². The maximum Gasteiger partial charge on any atom is 0.0407 e. The average molecular weight is 247 g/mol. The monoisotopic (exact) mass is 245 g/mol. The Balaban J connectivity index is 2.94. The Labute approximate surface area is 85.3 Å². The largest absolute Gasteiger partial charge is 0.398 e. The quantitative estimate of drug-likeness (QED) is 0.629. The number of halogens is 2. The van der Waals surface area contributed by atoms with Gasteiger partial charge < -0.3 is 5.73 Å². The van der Waals surface area contributed by atoms with Crippen molar-refractivity contribution in [1.29, 1.82) is 0 Å². The SMILES string of the molecule is Nc1cc(Br)ccc1C=CCCl. The van der Waals surface area contributed by atoms with E-state index in [2.05, 4.69) is 15.9 Å². The van der Waals surface area contributed by atoms with E-state index < -0.39 is 0 Å². The topological polar surface area (TPSA) is 26.0 Å². The molecule has 0 radical (unpaired) electrons. The van der Waals surface area contributed by atoms with E-state index in [1.165, 1.54) is 0 Å². The second kappa shape index (κ2) is 4.53. The minimum absolute atomic E-state index is 0.509. The maximum atomic E-state index is 5.74. The molecule has 0 saturated carbocycles. The third kappa shape index (κ3) is 2.54. The van der Waals surface area contributed by atoms with Crippen LogP contribution in [0.1, 0.15) is 5.56 Å². The van der Waals surface area contributed by atoms with Crippen LogP contribution in [0.5, 0.6) is 0 Å². The zero-order chi connectivity index (χ0) is 8.97. The summed E-state index contributed by atoms with van der Waals surface area (Å²) in [5.74, 6) is 0.509. The predicted octanol–water partition coefficient (Wildman–Crippen LogP) is 3.28. The standard InChI is InChI=1S/C9H9BrClN/c10-8-4-3-7(2-1-5-11)9(12)6-8/h1-4,6H,5,12H2. The summed E-state index contributed by atoms with van der Waals surface area (Å²) in [6.07, 6.45) is 3.77. The van der Waals surface area contributed by atoms with Crippen LogP contribution in [0.25, 0.3) is 6.08 Å². The first-order chi connectivity index (χ1) is 5.74. The summed E-state index contributed by atoms with van der Waals surface area (Å²) in [6, 6.07) is 5.76. The number of hydrogen-bond donors (Lipinski definition) is 1. The second-order valence-electron chi connectivity index (χ2n) is 2.33. The van der Waals surface area contributed by atoms with E-state index in [1.807, 2.05) is 30.4 Å². The highest BCUT2D eigenvalue weighted by Crippen LogP contribution is 2.19. The average Bonchev–Trinajstić information content (AvgIpc) is 2.03. The molecule has 0 aliphatic heterocycles. The van der Waals surface area contributed by atoms with E-state index in [-0.39, 0.29) is 0 Å². The number of rotatable bonds is 2. The van der Waals surface area contributed by atoms with Gasteiger partial charge in [-0.3, -0.25) is 0 Å². The van der Waals surface area contributed by atoms with Crippen LogP contribution in [-0.2, 0) is 0 Å². The summed E-state index contributed by atoms with van der Waals surface area (Å²) in [5, 5.41) is 0. The summed E-state index contributed by atoms with van der Waals surface area (Å²) in [5.41, 5.74) is 7.49. The van der Waals surface area contributed by atoms with Gasteiger partial charge in [0.2, 0.25) is 0 Å². The van der Waals surface area contributed by atoms with Crippen molar-refractivity contribution in [3.8, 4) is 0 Å². The highest BCUT2D eigenvalue weighted by atomic mass is 79.9. The summed E-state index contributed by atoms with van der Waals surface area (Å²) in [6.45, 7) is 0. The third-order valence-corrected chi connectivity index (χ3v) is 2.11. The van der Waals surface area contributed by atoms with Crippen molar-refractivity contribution in [1.82, 2.24) is 0 Å². The van der Waals surface area contributed by atoms with Gasteiger partial charge in [-0.05, 0) is 17.7 Å². The van der Waals surface area contributed by atoms with Crippen LogP contribution in [0.2, 0.25) is 0 Å². The van der Waals surface area contributed by atoms with Gasteiger partial charge in [-0.25, -0.2) is 0 Å². The molecule has 3 heteroatoms. The number of benzene rings is 1. The van der Waals surface area contributed by atoms with Crippen molar-refractivity contribution in [3.63, 3.8) is 0 Å². The maximum absolute atomic E-state index is 5.74. The van der Waals surface area contributed by atoms with E-state index >= 15 is 0 Å². The first kappa shape index (κ1) is 9.62. The number of alkyl halides is 1. The normalized spacial score (nSPS) is 10.8. The highest BCUT2D eigenvalue weighted by Gasteiger charge is 1.94. The van der Waals surface area contributed by atoms with Crippen LogP contribution in [0.3, 0.4) is 0 Å². The van der Waals surface area contributed by atoms with Gasteiger partial charge in [0, 0.05) is 16.0 Å². The Hall–Kier alpha value is -0.470. The smallest absolute Gasteiger partial charge is 0.0407 e. The van der Waals surface area contributed by atoms with Gasteiger partial charge >= 0.3 is 0 Å². The second-order valence-corrected chi connectivity index (χ2v) is 3.55. The molecule has 1 rings (SSSR count). The molecule has 0 aromatic heterocycles. The molecule has 2 N–H and O–H groups in total. The van der Waals surface area contributed by atoms with Gasteiger partial charge in [0.1, 0.15) is 0 Å². The molecule has 1 aromatic carbocycles. The molecule has 0 fully saturated rings. The number of nitrogen functional groups attached to an aromatic ring is 1. The fourth-order valence-electron chi connectivity index (χ4n) is 0.869. The van der Waals surface area contributed by atoms with Crippen molar-refractivity contribution in [2.24, 2.45) is 0 Å². The molecule has 0 aliphatic carbocycles. The Bertz CT molecular complexity index is 297. The van der Waals surface area contributed by atoms with E-state index in [1.54, 1.807) is 0 Å². The van der Waals surface area contributed by atoms with Gasteiger partial charge in [-0.15, -0.1) is 11.6 Å². The Kier molecular flexibility index (Phi) is 3.63. The molecule has 0 aliphatic rings. The van der Waals surface area contributed by atoms with Crippen molar-refractivity contribution < 1.29 is 0 Å². The van der Waals surface area contributed by atoms with Gasteiger partial charge in [0.15, 0.2) is 0 Å². The molecular weight excluding hydrogens is 237 g/mol. The zero-order valence-corrected chi connectivity index (χ0v) is 8.77. The van der Waals surface area contributed by atoms with Crippen molar-refractivity contribution in [2.45, 2.75) is 0 Å². The highest BCUT2D eigenvalue weighted by molar-refractivity contribution is 9.10. The number of nitrogens with two attached hydrogens (primary N) is 1. The van der Waals surface area contributed by atoms with Crippen LogP contribution in [0.15, 0.2) is 28.7 Å². The summed E-state index contributed by atoms with van der Waals surface area (Å²) in [7, 11) is 0. The molecule has 12 heavy (non-hydrogen) atoms. The summed E-state index contributed by atoms with van der Waals surface area (Å²) < 4.78 is 0.989. The lowest BCUT2D eigenvalue weighted by atomic mass is 10.2. The third-order valence-electron chi connectivity index (χ3n) is 1.44. The minimum Gasteiger partial charge on any atom is -0.398 e. The fourth-order valence-corrected chi connectivity index (χ4v) is 1.34. The van der Waals surface area contributed by atoms with E-state index in [0.29, 0.717) is 5.88 Å². The lowest BCUT2D eigenvalue weighted by molar-refractivity contribution is 1.59. The molecule has 64 valence electrons. The number of anilines is 1. The van der Waals surface area contributed by atoms with Gasteiger partial charge in [0.05, 0.1) is 0 Å². The molecule has 0 atom stereocenters. The predicted molar refractivity (Wildman–Crippen MR) is 58.3 cm³/mol. The number of allylic oxidation sites excluding steroid dienone is 1. The minimum atomic E-state index is 0.509.